The first-order chi connectivity index (χ1) is 11.8. The average molecular weight is 333 g/mol. The van der Waals surface area contributed by atoms with Crippen LogP contribution in [0, 0.1) is 5.92 Å². The molecule has 0 radical (unpaired) electrons. The number of benzene rings is 3. The van der Waals surface area contributed by atoms with Crippen molar-refractivity contribution in [1.82, 2.24) is 0 Å². The number of ketones is 1. The maximum Gasteiger partial charge on any atom is 0.167 e. The van der Waals surface area contributed by atoms with Crippen LogP contribution in [0.2, 0.25) is 5.02 Å². The van der Waals surface area contributed by atoms with Crippen molar-refractivity contribution in [2.24, 2.45) is 5.92 Å². The Morgan fingerprint density at radius 2 is 1.17 bits per heavy atom. The van der Waals surface area contributed by atoms with Gasteiger partial charge < -0.3 is 0 Å². The Labute approximate surface area is 146 Å². The lowest BCUT2D eigenvalue weighted by atomic mass is 10.0. The molecule has 0 N–H and O–H groups in total. The average Bonchev–Trinajstić information content (AvgIpc) is 3.39. The van der Waals surface area contributed by atoms with Crippen LogP contribution in [0.1, 0.15) is 33.3 Å². The molecule has 0 amide bonds. The van der Waals surface area contributed by atoms with Crippen molar-refractivity contribution < 1.29 is 4.79 Å². The van der Waals surface area contributed by atoms with Gasteiger partial charge >= 0.3 is 0 Å². The Bertz CT molecular complexity index is 840. The molecule has 0 aromatic heterocycles. The minimum absolute atomic E-state index is 0.00373. The number of halogens is 1. The van der Waals surface area contributed by atoms with Gasteiger partial charge in [0.05, 0.1) is 0 Å². The molecule has 3 aromatic carbocycles. The molecule has 118 valence electrons. The van der Waals surface area contributed by atoms with E-state index >= 15 is 0 Å². The molecule has 0 spiro atoms. The number of hydrogen-bond donors (Lipinski definition) is 0. The number of rotatable bonds is 4. The van der Waals surface area contributed by atoms with Gasteiger partial charge in [-0.2, -0.15) is 0 Å². The summed E-state index contributed by atoms with van der Waals surface area (Å²) in [7, 11) is 0. The maximum absolute atomic E-state index is 13.0. The Morgan fingerprint density at radius 3 is 1.75 bits per heavy atom. The molecule has 0 heterocycles. The van der Waals surface area contributed by atoms with Crippen molar-refractivity contribution in [2.75, 3.05) is 0 Å². The number of hydrogen-bond acceptors (Lipinski definition) is 1. The first kappa shape index (κ1) is 15.2. The fraction of sp³-hybridized carbons (Fsp3) is 0.136. The van der Waals surface area contributed by atoms with Crippen molar-refractivity contribution in [2.45, 2.75) is 11.8 Å². The second-order valence-electron chi connectivity index (χ2n) is 6.27. The molecule has 4 rings (SSSR count). The summed E-state index contributed by atoms with van der Waals surface area (Å²) >= 11 is 6.02. The highest BCUT2D eigenvalue weighted by atomic mass is 35.5. The fourth-order valence-electron chi connectivity index (χ4n) is 3.62. The topological polar surface area (TPSA) is 17.1 Å². The minimum atomic E-state index is -0.00373. The monoisotopic (exact) mass is 332 g/mol. The van der Waals surface area contributed by atoms with E-state index in [0.29, 0.717) is 0 Å². The lowest BCUT2D eigenvalue weighted by Crippen LogP contribution is -2.03. The quantitative estimate of drug-likeness (QED) is 0.558. The smallest absolute Gasteiger partial charge is 0.167 e. The van der Waals surface area contributed by atoms with Crippen molar-refractivity contribution in [1.29, 1.82) is 0 Å². The zero-order chi connectivity index (χ0) is 16.5. The van der Waals surface area contributed by atoms with Gasteiger partial charge in [0.2, 0.25) is 0 Å². The maximum atomic E-state index is 13.0. The van der Waals surface area contributed by atoms with Gasteiger partial charge in [-0.1, -0.05) is 84.4 Å². The first-order valence-electron chi connectivity index (χ1n) is 8.15. The molecule has 1 nitrogen and oxygen atoms in total. The molecule has 1 aliphatic rings. The van der Waals surface area contributed by atoms with Crippen LogP contribution < -0.4 is 0 Å². The van der Waals surface area contributed by atoms with Crippen molar-refractivity contribution in [3.63, 3.8) is 0 Å². The van der Waals surface area contributed by atoms with Gasteiger partial charge in [0.15, 0.2) is 5.78 Å². The highest BCUT2D eigenvalue weighted by Gasteiger charge is 2.55. The van der Waals surface area contributed by atoms with E-state index in [1.54, 1.807) is 0 Å². The summed E-state index contributed by atoms with van der Waals surface area (Å²) in [6, 6.07) is 27.8. The molecule has 2 heteroatoms. The van der Waals surface area contributed by atoms with Crippen molar-refractivity contribution in [3.8, 4) is 0 Å². The molecule has 24 heavy (non-hydrogen) atoms. The molecule has 1 saturated carbocycles. The third-order valence-electron chi connectivity index (χ3n) is 4.82. The van der Waals surface area contributed by atoms with Crippen LogP contribution in [-0.4, -0.2) is 5.78 Å². The Hall–Kier alpha value is -2.38. The van der Waals surface area contributed by atoms with E-state index in [0.717, 1.165) is 10.6 Å². The third-order valence-corrected chi connectivity index (χ3v) is 5.07. The lowest BCUT2D eigenvalue weighted by Gasteiger charge is -2.01. The largest absolute Gasteiger partial charge is 0.294 e. The van der Waals surface area contributed by atoms with E-state index in [1.165, 1.54) is 11.1 Å². The molecule has 0 saturated heterocycles. The molecule has 3 aromatic rings. The molecular weight excluding hydrogens is 316 g/mol. The number of carbonyl (C=O) groups excluding carboxylic acids is 1. The summed E-state index contributed by atoms with van der Waals surface area (Å²) in [4.78, 5) is 13.0. The van der Waals surface area contributed by atoms with Crippen LogP contribution in [0.4, 0.5) is 0 Å². The summed E-state index contributed by atoms with van der Waals surface area (Å²) in [5.41, 5.74) is 3.20. The summed E-state index contributed by atoms with van der Waals surface area (Å²) in [6.07, 6.45) is 0. The van der Waals surface area contributed by atoms with Crippen LogP contribution in [-0.2, 0) is 0 Å². The van der Waals surface area contributed by atoms with E-state index in [-0.39, 0.29) is 23.5 Å². The zero-order valence-electron chi connectivity index (χ0n) is 13.1. The van der Waals surface area contributed by atoms with Gasteiger partial charge in [-0.3, -0.25) is 4.79 Å². The van der Waals surface area contributed by atoms with Gasteiger partial charge in [0.1, 0.15) is 0 Å². The van der Waals surface area contributed by atoms with Gasteiger partial charge in [-0.05, 0) is 23.3 Å². The van der Waals surface area contributed by atoms with Gasteiger partial charge in [-0.25, -0.2) is 0 Å². The van der Waals surface area contributed by atoms with Crippen LogP contribution in [0.3, 0.4) is 0 Å². The van der Waals surface area contributed by atoms with E-state index in [1.807, 2.05) is 72.8 Å². The molecule has 1 aliphatic carbocycles. The normalized spacial score (nSPS) is 22.1. The van der Waals surface area contributed by atoms with E-state index in [4.69, 9.17) is 11.6 Å². The highest BCUT2D eigenvalue weighted by molar-refractivity contribution is 6.30. The predicted molar refractivity (Wildman–Crippen MR) is 97.6 cm³/mol. The Balaban J connectivity index is 1.70. The summed E-state index contributed by atoms with van der Waals surface area (Å²) in [5.74, 6) is 0.679. The Morgan fingerprint density at radius 1 is 0.667 bits per heavy atom. The Kier molecular flexibility index (Phi) is 3.95. The van der Waals surface area contributed by atoms with Crippen molar-refractivity contribution in [3.05, 3.63) is 107 Å². The molecule has 3 atom stereocenters. The second-order valence-corrected chi connectivity index (χ2v) is 6.71. The standard InChI is InChI=1S/C22H17ClO/c23-18-13-11-16(12-14-18)20-19(15-7-3-1-4-8-15)21(20)22(24)17-9-5-2-6-10-17/h1-14,19-21H. The number of carbonyl (C=O) groups is 1. The first-order valence-corrected chi connectivity index (χ1v) is 8.53. The molecular formula is C22H17ClO. The van der Waals surface area contributed by atoms with Gasteiger partial charge in [0, 0.05) is 28.3 Å². The van der Waals surface area contributed by atoms with Crippen LogP contribution in [0.15, 0.2) is 84.9 Å². The fourth-order valence-corrected chi connectivity index (χ4v) is 3.75. The third kappa shape index (κ3) is 2.76. The zero-order valence-corrected chi connectivity index (χ0v) is 13.9. The summed E-state index contributed by atoms with van der Waals surface area (Å²) in [6.45, 7) is 0. The summed E-state index contributed by atoms with van der Waals surface area (Å²) < 4.78 is 0. The second kappa shape index (κ2) is 6.26. The van der Waals surface area contributed by atoms with Gasteiger partial charge in [-0.15, -0.1) is 0 Å². The molecule has 0 aliphatic heterocycles. The lowest BCUT2D eigenvalue weighted by molar-refractivity contribution is 0.0963. The van der Waals surface area contributed by atoms with Gasteiger partial charge in [0.25, 0.3) is 0 Å². The van der Waals surface area contributed by atoms with Crippen LogP contribution >= 0.6 is 11.6 Å². The minimum Gasteiger partial charge on any atom is -0.294 e. The summed E-state index contributed by atoms with van der Waals surface area (Å²) in [5, 5.41) is 0.724. The molecule has 3 unspecified atom stereocenters. The SMILES string of the molecule is O=C(c1ccccc1)C1C(c2ccccc2)C1c1ccc(Cl)cc1. The van der Waals surface area contributed by atoms with E-state index in [9.17, 15) is 4.79 Å². The molecule has 1 fully saturated rings. The number of Topliss-reactive ketones (excluding diaryl/α,β-unsaturated/α-hetero) is 1. The van der Waals surface area contributed by atoms with Crippen LogP contribution in [0.25, 0.3) is 0 Å². The predicted octanol–water partition coefficient (Wildman–Crippen LogP) is 5.72. The van der Waals surface area contributed by atoms with Crippen LogP contribution in [0.5, 0.6) is 0 Å². The highest BCUT2D eigenvalue weighted by Crippen LogP contribution is 2.61. The van der Waals surface area contributed by atoms with Crippen molar-refractivity contribution >= 4 is 17.4 Å². The van der Waals surface area contributed by atoms with E-state index < -0.39 is 0 Å². The molecule has 0 bridgehead atoms. The van der Waals surface area contributed by atoms with E-state index in [2.05, 4.69) is 12.1 Å².